The molecule has 10 heavy (non-hydrogen) atoms. The Bertz CT molecular complexity index is 255. The summed E-state index contributed by atoms with van der Waals surface area (Å²) in [5.74, 6) is 0.426. The number of anilines is 1. The van der Waals surface area contributed by atoms with Gasteiger partial charge in [-0.2, -0.15) is 5.01 Å². The first-order valence-electron chi connectivity index (χ1n) is 2.79. The van der Waals surface area contributed by atoms with Crippen molar-refractivity contribution in [3.05, 3.63) is 4.91 Å². The molecule has 1 aromatic rings. The molecule has 0 atom stereocenters. The molecule has 7 nitrogen and oxygen atoms in total. The SMILES string of the molecule is O=NN1CCn2nnnc21. The molecule has 0 saturated carbocycles. The van der Waals surface area contributed by atoms with E-state index in [0.717, 1.165) is 0 Å². The van der Waals surface area contributed by atoms with Crippen molar-refractivity contribution in [3.8, 4) is 0 Å². The first-order valence-corrected chi connectivity index (χ1v) is 2.79. The highest BCUT2D eigenvalue weighted by atomic mass is 16.3. The summed E-state index contributed by atoms with van der Waals surface area (Å²) in [6, 6.07) is 0. The average molecular weight is 140 g/mol. The fourth-order valence-electron chi connectivity index (χ4n) is 0.896. The van der Waals surface area contributed by atoms with E-state index >= 15 is 0 Å². The summed E-state index contributed by atoms with van der Waals surface area (Å²) in [7, 11) is 0. The Labute approximate surface area is 55.6 Å². The molecule has 0 spiro atoms. The molecule has 0 bridgehead atoms. The number of nitroso groups, excluding NO2 is 1. The molecule has 0 aromatic carbocycles. The van der Waals surface area contributed by atoms with E-state index in [1.54, 1.807) is 0 Å². The lowest BCUT2D eigenvalue weighted by Crippen LogP contribution is -2.11. The lowest BCUT2D eigenvalue weighted by Gasteiger charge is -1.98. The van der Waals surface area contributed by atoms with Crippen LogP contribution in [-0.4, -0.2) is 26.8 Å². The van der Waals surface area contributed by atoms with Crippen molar-refractivity contribution in [2.24, 2.45) is 5.29 Å². The summed E-state index contributed by atoms with van der Waals surface area (Å²) in [5, 5.41) is 14.5. The molecule has 1 aliphatic heterocycles. The van der Waals surface area contributed by atoms with E-state index in [4.69, 9.17) is 0 Å². The maximum atomic E-state index is 10.0. The molecule has 0 N–H and O–H groups in total. The molecule has 1 aromatic heterocycles. The number of tetrazole rings is 1. The van der Waals surface area contributed by atoms with Gasteiger partial charge in [-0.3, -0.25) is 0 Å². The summed E-state index contributed by atoms with van der Waals surface area (Å²) in [4.78, 5) is 10.0. The van der Waals surface area contributed by atoms with Gasteiger partial charge < -0.3 is 0 Å². The van der Waals surface area contributed by atoms with Crippen LogP contribution in [0.4, 0.5) is 5.95 Å². The Morgan fingerprint density at radius 3 is 3.20 bits per heavy atom. The van der Waals surface area contributed by atoms with Gasteiger partial charge in [-0.1, -0.05) is 5.10 Å². The molecule has 0 aliphatic carbocycles. The van der Waals surface area contributed by atoms with Crippen LogP contribution in [0.25, 0.3) is 0 Å². The van der Waals surface area contributed by atoms with Gasteiger partial charge in [-0.05, 0) is 10.4 Å². The van der Waals surface area contributed by atoms with Crippen LogP contribution in [0.2, 0.25) is 0 Å². The van der Waals surface area contributed by atoms with E-state index in [1.807, 2.05) is 0 Å². The summed E-state index contributed by atoms with van der Waals surface area (Å²) in [6.45, 7) is 1.18. The van der Waals surface area contributed by atoms with Crippen LogP contribution < -0.4 is 5.01 Å². The molecule has 0 fully saturated rings. The molecule has 52 valence electrons. The van der Waals surface area contributed by atoms with Gasteiger partial charge in [0.25, 0.3) is 5.95 Å². The van der Waals surface area contributed by atoms with Crippen molar-refractivity contribution >= 4 is 5.95 Å². The fourth-order valence-corrected chi connectivity index (χ4v) is 0.896. The number of nitrogens with zero attached hydrogens (tertiary/aromatic N) is 6. The third kappa shape index (κ3) is 0.511. The van der Waals surface area contributed by atoms with Crippen molar-refractivity contribution < 1.29 is 0 Å². The van der Waals surface area contributed by atoms with Crippen molar-refractivity contribution in [1.29, 1.82) is 0 Å². The monoisotopic (exact) mass is 140 g/mol. The second kappa shape index (κ2) is 1.72. The quantitative estimate of drug-likeness (QED) is 0.476. The highest BCUT2D eigenvalue weighted by molar-refractivity contribution is 5.29. The molecule has 0 saturated heterocycles. The van der Waals surface area contributed by atoms with Crippen LogP contribution in [0, 0.1) is 4.91 Å². The summed E-state index contributed by atoms with van der Waals surface area (Å²) in [5.41, 5.74) is 0. The van der Waals surface area contributed by atoms with E-state index in [1.165, 1.54) is 9.69 Å². The first kappa shape index (κ1) is 5.27. The van der Waals surface area contributed by atoms with E-state index in [2.05, 4.69) is 20.8 Å². The lowest BCUT2D eigenvalue weighted by atomic mass is 10.7. The van der Waals surface area contributed by atoms with Gasteiger partial charge in [-0.15, -0.1) is 4.91 Å². The van der Waals surface area contributed by atoms with Gasteiger partial charge in [0.05, 0.1) is 18.4 Å². The smallest absolute Gasteiger partial charge is 0.208 e. The third-order valence-electron chi connectivity index (χ3n) is 1.37. The van der Waals surface area contributed by atoms with Gasteiger partial charge in [0.1, 0.15) is 0 Å². The maximum absolute atomic E-state index is 10.0. The molecule has 2 heterocycles. The number of hydrogen-bond donors (Lipinski definition) is 0. The van der Waals surface area contributed by atoms with E-state index in [9.17, 15) is 4.91 Å². The summed E-state index contributed by atoms with van der Waals surface area (Å²) in [6.07, 6.45) is 0. The van der Waals surface area contributed by atoms with Crippen LogP contribution in [0.5, 0.6) is 0 Å². The molecule has 0 radical (unpaired) electrons. The highest BCUT2D eigenvalue weighted by Gasteiger charge is 2.22. The van der Waals surface area contributed by atoms with Crippen LogP contribution in [0.3, 0.4) is 0 Å². The van der Waals surface area contributed by atoms with Gasteiger partial charge in [0.2, 0.25) is 0 Å². The summed E-state index contributed by atoms with van der Waals surface area (Å²) < 4.78 is 1.53. The minimum absolute atomic E-state index is 0.426. The zero-order valence-corrected chi connectivity index (χ0v) is 5.01. The predicted molar refractivity (Wildman–Crippen MR) is 31.0 cm³/mol. The normalized spacial score (nSPS) is 15.4. The van der Waals surface area contributed by atoms with Crippen LogP contribution in [0.15, 0.2) is 5.29 Å². The average Bonchev–Trinajstić information content (AvgIpc) is 2.44. The Morgan fingerprint density at radius 2 is 2.40 bits per heavy atom. The molecule has 7 heteroatoms. The zero-order valence-electron chi connectivity index (χ0n) is 5.01. The van der Waals surface area contributed by atoms with Crippen molar-refractivity contribution in [2.75, 3.05) is 11.6 Å². The minimum atomic E-state index is 0.426. The van der Waals surface area contributed by atoms with E-state index in [0.29, 0.717) is 19.0 Å². The Kier molecular flexibility index (Phi) is 0.908. The summed E-state index contributed by atoms with van der Waals surface area (Å²) >= 11 is 0. The second-order valence-corrected chi connectivity index (χ2v) is 1.91. The Morgan fingerprint density at radius 1 is 1.50 bits per heavy atom. The Balaban J connectivity index is 2.43. The van der Waals surface area contributed by atoms with Crippen molar-refractivity contribution in [3.63, 3.8) is 0 Å². The predicted octanol–water partition coefficient (Wildman–Crippen LogP) is -0.826. The minimum Gasteiger partial charge on any atom is -0.208 e. The zero-order chi connectivity index (χ0) is 6.97. The molecule has 0 unspecified atom stereocenters. The van der Waals surface area contributed by atoms with Crippen LogP contribution in [-0.2, 0) is 6.54 Å². The topological polar surface area (TPSA) is 76.3 Å². The molecule has 1 aliphatic rings. The van der Waals surface area contributed by atoms with E-state index in [-0.39, 0.29) is 0 Å². The molecule has 2 rings (SSSR count). The van der Waals surface area contributed by atoms with Crippen molar-refractivity contribution in [1.82, 2.24) is 20.2 Å². The molecule has 0 amide bonds. The third-order valence-corrected chi connectivity index (χ3v) is 1.37. The highest BCUT2D eigenvalue weighted by Crippen LogP contribution is 2.14. The van der Waals surface area contributed by atoms with Gasteiger partial charge in [-0.25, -0.2) is 4.68 Å². The second-order valence-electron chi connectivity index (χ2n) is 1.91. The fraction of sp³-hybridized carbons (Fsp3) is 0.667. The van der Waals surface area contributed by atoms with Crippen LogP contribution in [0.1, 0.15) is 0 Å². The molecular weight excluding hydrogens is 136 g/mol. The van der Waals surface area contributed by atoms with Gasteiger partial charge in [0, 0.05) is 0 Å². The number of aromatic nitrogens is 4. The number of hydrogen-bond acceptors (Lipinski definition) is 5. The van der Waals surface area contributed by atoms with Crippen LogP contribution >= 0.6 is 0 Å². The standard InChI is InChI=1S/C3H4N6O/c10-7-9-2-1-8-3(9)4-5-6-8/h1-2H2. The molecular formula is C3H4N6O. The van der Waals surface area contributed by atoms with Crippen molar-refractivity contribution in [2.45, 2.75) is 6.54 Å². The van der Waals surface area contributed by atoms with E-state index < -0.39 is 0 Å². The Hall–Kier alpha value is -1.53. The first-order chi connectivity index (χ1) is 4.92. The lowest BCUT2D eigenvalue weighted by molar-refractivity contribution is 0.641. The van der Waals surface area contributed by atoms with Gasteiger partial charge in [0.15, 0.2) is 0 Å². The number of fused-ring (bicyclic) bond motifs is 1. The maximum Gasteiger partial charge on any atom is 0.268 e. The number of rotatable bonds is 1. The largest absolute Gasteiger partial charge is 0.268 e. The van der Waals surface area contributed by atoms with Gasteiger partial charge >= 0.3 is 0 Å².